The summed E-state index contributed by atoms with van der Waals surface area (Å²) in [7, 11) is 0. The third-order valence-electron chi connectivity index (χ3n) is 4.96. The number of para-hydroxylation sites is 1. The van der Waals surface area contributed by atoms with E-state index in [1.807, 2.05) is 18.2 Å². The normalized spacial score (nSPS) is 16.2. The van der Waals surface area contributed by atoms with Crippen LogP contribution in [0.15, 0.2) is 96.0 Å². The molecule has 0 amide bonds. The molecular weight excluding hydrogens is 316 g/mol. The van der Waals surface area contributed by atoms with Gasteiger partial charge in [0.25, 0.3) is 0 Å². The second-order valence-electron chi connectivity index (χ2n) is 6.65. The summed E-state index contributed by atoms with van der Waals surface area (Å²) in [5, 5.41) is 1.16. The topological polar surface area (TPSA) is 25.2 Å². The largest absolute Gasteiger partial charge is 0.276 e. The molecule has 1 aliphatic rings. The molecule has 0 saturated carbocycles. The fourth-order valence-corrected chi connectivity index (χ4v) is 3.66. The molecule has 124 valence electrons. The van der Waals surface area contributed by atoms with Crippen LogP contribution in [-0.2, 0) is 6.42 Å². The first-order valence-corrected chi connectivity index (χ1v) is 8.96. The van der Waals surface area contributed by atoms with E-state index in [0.29, 0.717) is 0 Å². The lowest BCUT2D eigenvalue weighted by Gasteiger charge is -2.24. The van der Waals surface area contributed by atoms with Crippen molar-refractivity contribution in [2.45, 2.75) is 12.5 Å². The van der Waals surface area contributed by atoms with Gasteiger partial charge >= 0.3 is 0 Å². The third-order valence-corrected chi connectivity index (χ3v) is 4.96. The first kappa shape index (κ1) is 15.0. The highest BCUT2D eigenvalue weighted by Crippen LogP contribution is 2.32. The molecule has 26 heavy (non-hydrogen) atoms. The molecule has 2 nitrogen and oxygen atoms in total. The highest BCUT2D eigenvalue weighted by molar-refractivity contribution is 6.15. The number of nitrogens with zero attached hydrogens (tertiary/aromatic N) is 2. The van der Waals surface area contributed by atoms with Gasteiger partial charge in [0.05, 0.1) is 23.0 Å². The quantitative estimate of drug-likeness (QED) is 0.484. The number of fused-ring (bicyclic) bond motifs is 2. The molecule has 2 heterocycles. The summed E-state index contributed by atoms with van der Waals surface area (Å²) >= 11 is 0. The van der Waals surface area contributed by atoms with E-state index in [0.717, 1.165) is 39.9 Å². The Bertz CT molecular complexity index is 1100. The number of rotatable bonds is 2. The molecule has 0 N–H and O–H groups in total. The maximum absolute atomic E-state index is 5.15. The van der Waals surface area contributed by atoms with Crippen LogP contribution in [0.2, 0.25) is 0 Å². The van der Waals surface area contributed by atoms with E-state index in [-0.39, 0.29) is 6.04 Å². The van der Waals surface area contributed by atoms with Crippen molar-refractivity contribution in [2.75, 3.05) is 0 Å². The van der Waals surface area contributed by atoms with Crippen molar-refractivity contribution in [1.82, 2.24) is 4.98 Å². The summed E-state index contributed by atoms with van der Waals surface area (Å²) in [6.07, 6.45) is 0.834. The standard InChI is InChI=1S/C24H18N2/c1-3-9-17(10-4-1)22-16-23-20(15-19-13-7-8-14-21(19)25-23)24(26-22)18-11-5-2-6-12-18/h1-15,22H,16H2/t22-/m1/s1. The Labute approximate surface area is 152 Å². The molecule has 1 aliphatic heterocycles. The van der Waals surface area contributed by atoms with Gasteiger partial charge in [-0.2, -0.15) is 0 Å². The number of hydrogen-bond donors (Lipinski definition) is 0. The van der Waals surface area contributed by atoms with Gasteiger partial charge in [0.15, 0.2) is 0 Å². The van der Waals surface area contributed by atoms with E-state index in [4.69, 9.17) is 9.98 Å². The van der Waals surface area contributed by atoms with Crippen LogP contribution < -0.4 is 0 Å². The molecule has 0 bridgehead atoms. The average molecular weight is 334 g/mol. The van der Waals surface area contributed by atoms with Crippen molar-refractivity contribution in [3.05, 3.63) is 113 Å². The van der Waals surface area contributed by atoms with Crippen molar-refractivity contribution in [3.63, 3.8) is 0 Å². The van der Waals surface area contributed by atoms with Crippen molar-refractivity contribution in [1.29, 1.82) is 0 Å². The van der Waals surface area contributed by atoms with Crippen LogP contribution in [-0.4, -0.2) is 10.7 Å². The Morgan fingerprint density at radius 1 is 0.731 bits per heavy atom. The summed E-state index contributed by atoms with van der Waals surface area (Å²) in [5.41, 5.74) is 6.76. The summed E-state index contributed by atoms with van der Waals surface area (Å²) in [6.45, 7) is 0. The van der Waals surface area contributed by atoms with Crippen LogP contribution in [0.25, 0.3) is 10.9 Å². The molecule has 0 aliphatic carbocycles. The van der Waals surface area contributed by atoms with Gasteiger partial charge in [-0.25, -0.2) is 0 Å². The molecule has 0 fully saturated rings. The van der Waals surface area contributed by atoms with Crippen LogP contribution in [0.5, 0.6) is 0 Å². The molecule has 1 aromatic heterocycles. The minimum Gasteiger partial charge on any atom is -0.276 e. The maximum atomic E-state index is 5.15. The summed E-state index contributed by atoms with van der Waals surface area (Å²) in [6, 6.07) is 31.6. The monoisotopic (exact) mass is 334 g/mol. The van der Waals surface area contributed by atoms with Crippen LogP contribution in [0, 0.1) is 0 Å². The molecule has 0 spiro atoms. The molecule has 4 aromatic rings. The summed E-state index contributed by atoms with van der Waals surface area (Å²) < 4.78 is 0. The lowest BCUT2D eigenvalue weighted by molar-refractivity contribution is 0.698. The molecule has 1 atom stereocenters. The molecule has 5 rings (SSSR count). The number of benzene rings is 3. The molecular formula is C24H18N2. The fraction of sp³-hybridized carbons (Fsp3) is 0.0833. The maximum Gasteiger partial charge on any atom is 0.0812 e. The predicted molar refractivity (Wildman–Crippen MR) is 107 cm³/mol. The van der Waals surface area contributed by atoms with Crippen LogP contribution >= 0.6 is 0 Å². The van der Waals surface area contributed by atoms with Gasteiger partial charge in [-0.15, -0.1) is 0 Å². The highest BCUT2D eigenvalue weighted by atomic mass is 14.9. The van der Waals surface area contributed by atoms with Crippen molar-refractivity contribution < 1.29 is 0 Å². The van der Waals surface area contributed by atoms with E-state index in [1.54, 1.807) is 0 Å². The van der Waals surface area contributed by atoms with Crippen LogP contribution in [0.3, 0.4) is 0 Å². The highest BCUT2D eigenvalue weighted by Gasteiger charge is 2.24. The zero-order valence-corrected chi connectivity index (χ0v) is 14.3. The van der Waals surface area contributed by atoms with Crippen LogP contribution in [0.1, 0.15) is 28.4 Å². The summed E-state index contributed by atoms with van der Waals surface area (Å²) in [4.78, 5) is 10.1. The first-order chi connectivity index (χ1) is 12.9. The van der Waals surface area contributed by atoms with Crippen LogP contribution in [0.4, 0.5) is 0 Å². The predicted octanol–water partition coefficient (Wildman–Crippen LogP) is 5.37. The molecule has 0 unspecified atom stereocenters. The SMILES string of the molecule is c1ccc(C2=N[C@@H](c3ccccc3)Cc3nc4ccccc4cc32)cc1. The van der Waals surface area contributed by atoms with E-state index < -0.39 is 0 Å². The summed E-state index contributed by atoms with van der Waals surface area (Å²) in [5.74, 6) is 0. The fourth-order valence-electron chi connectivity index (χ4n) is 3.66. The number of aromatic nitrogens is 1. The number of aliphatic imine (C=N–C) groups is 1. The van der Waals surface area contributed by atoms with Gasteiger partial charge in [-0.1, -0.05) is 78.9 Å². The molecule has 2 heteroatoms. The van der Waals surface area contributed by atoms with Crippen molar-refractivity contribution in [2.24, 2.45) is 4.99 Å². The molecule has 0 radical (unpaired) electrons. The number of hydrogen-bond acceptors (Lipinski definition) is 2. The van der Waals surface area contributed by atoms with E-state index in [9.17, 15) is 0 Å². The molecule has 0 saturated heterocycles. The lowest BCUT2D eigenvalue weighted by atomic mass is 9.90. The Kier molecular flexibility index (Phi) is 3.60. The minimum atomic E-state index is 0.104. The Hall–Kier alpha value is -3.26. The van der Waals surface area contributed by atoms with Gasteiger partial charge in [0.2, 0.25) is 0 Å². The Balaban J connectivity index is 1.73. The van der Waals surface area contributed by atoms with Crippen molar-refractivity contribution in [3.8, 4) is 0 Å². The van der Waals surface area contributed by atoms with Gasteiger partial charge < -0.3 is 0 Å². The van der Waals surface area contributed by atoms with Gasteiger partial charge in [-0.3, -0.25) is 9.98 Å². The van der Waals surface area contributed by atoms with Gasteiger partial charge in [-0.05, 0) is 17.7 Å². The van der Waals surface area contributed by atoms with Crippen molar-refractivity contribution >= 4 is 16.6 Å². The van der Waals surface area contributed by atoms with Gasteiger partial charge in [0, 0.05) is 22.9 Å². The Morgan fingerprint density at radius 3 is 2.23 bits per heavy atom. The zero-order chi connectivity index (χ0) is 17.3. The van der Waals surface area contributed by atoms with E-state index in [2.05, 4.69) is 72.8 Å². The zero-order valence-electron chi connectivity index (χ0n) is 14.3. The van der Waals surface area contributed by atoms with E-state index >= 15 is 0 Å². The Morgan fingerprint density at radius 2 is 1.42 bits per heavy atom. The second-order valence-corrected chi connectivity index (χ2v) is 6.65. The smallest absolute Gasteiger partial charge is 0.0812 e. The molecule has 3 aromatic carbocycles. The number of pyridine rings is 1. The average Bonchev–Trinajstić information content (AvgIpc) is 2.73. The third kappa shape index (κ3) is 2.60. The lowest BCUT2D eigenvalue weighted by Crippen LogP contribution is -2.18. The van der Waals surface area contributed by atoms with E-state index in [1.165, 1.54) is 5.56 Å². The minimum absolute atomic E-state index is 0.104. The second kappa shape index (κ2) is 6.23. The van der Waals surface area contributed by atoms with Gasteiger partial charge in [0.1, 0.15) is 0 Å². The first-order valence-electron chi connectivity index (χ1n) is 8.96.